The molecule has 0 atom stereocenters. The van der Waals surface area contributed by atoms with E-state index in [1.54, 1.807) is 45.6 Å². The zero-order valence-electron chi connectivity index (χ0n) is 18.0. The third-order valence-corrected chi connectivity index (χ3v) is 7.85. The number of ether oxygens (including phenoxy) is 1. The summed E-state index contributed by atoms with van der Waals surface area (Å²) in [6.07, 6.45) is 3.38. The smallest absolute Gasteiger partial charge is 0.264 e. The van der Waals surface area contributed by atoms with E-state index in [4.69, 9.17) is 10.5 Å². The van der Waals surface area contributed by atoms with Crippen molar-refractivity contribution in [2.24, 2.45) is 5.73 Å². The van der Waals surface area contributed by atoms with Crippen LogP contribution < -0.4 is 15.4 Å². The van der Waals surface area contributed by atoms with Crippen LogP contribution in [0.25, 0.3) is 0 Å². The van der Waals surface area contributed by atoms with Gasteiger partial charge in [0.05, 0.1) is 10.5 Å². The molecule has 8 nitrogen and oxygen atoms in total. The molecule has 0 bridgehead atoms. The highest BCUT2D eigenvalue weighted by atomic mass is 32.2. The molecular weight excluding hydrogens is 430 g/mol. The number of hydrogen-bond donors (Lipinski definition) is 1. The predicted molar refractivity (Wildman–Crippen MR) is 120 cm³/mol. The lowest BCUT2D eigenvalue weighted by Gasteiger charge is -2.26. The van der Waals surface area contributed by atoms with Crippen LogP contribution in [0, 0.1) is 6.92 Å². The summed E-state index contributed by atoms with van der Waals surface area (Å²) in [5.41, 5.74) is 8.01. The number of nitrogens with zero attached hydrogens (tertiary/aromatic N) is 2. The molecule has 2 aliphatic rings. The van der Waals surface area contributed by atoms with Crippen molar-refractivity contribution in [1.29, 1.82) is 0 Å². The average molecular weight is 458 g/mol. The molecule has 0 aliphatic carbocycles. The van der Waals surface area contributed by atoms with Crippen LogP contribution in [-0.4, -0.2) is 50.8 Å². The van der Waals surface area contributed by atoms with Crippen molar-refractivity contribution >= 4 is 27.5 Å². The second-order valence-corrected chi connectivity index (χ2v) is 10.1. The summed E-state index contributed by atoms with van der Waals surface area (Å²) in [5, 5.41) is 0. The van der Waals surface area contributed by atoms with E-state index in [1.807, 2.05) is 6.92 Å². The summed E-state index contributed by atoms with van der Waals surface area (Å²) in [6.45, 7) is 3.14. The fraction of sp³-hybridized carbons (Fsp3) is 0.391. The van der Waals surface area contributed by atoms with Gasteiger partial charge in [-0.3, -0.25) is 9.59 Å². The van der Waals surface area contributed by atoms with Crippen molar-refractivity contribution in [3.63, 3.8) is 0 Å². The van der Waals surface area contributed by atoms with Crippen molar-refractivity contribution < 1.29 is 22.7 Å². The van der Waals surface area contributed by atoms with Crippen LogP contribution in [0.3, 0.4) is 0 Å². The number of carbonyl (C=O) groups is 2. The van der Waals surface area contributed by atoms with Gasteiger partial charge in [0.25, 0.3) is 11.8 Å². The zero-order chi connectivity index (χ0) is 22.9. The number of rotatable bonds is 6. The van der Waals surface area contributed by atoms with Gasteiger partial charge in [-0.05, 0) is 67.6 Å². The first-order valence-electron chi connectivity index (χ1n) is 10.7. The molecule has 2 heterocycles. The first-order valence-corrected chi connectivity index (χ1v) is 12.2. The molecule has 1 fully saturated rings. The zero-order valence-corrected chi connectivity index (χ0v) is 18.9. The fourth-order valence-corrected chi connectivity index (χ4v) is 5.79. The fourth-order valence-electron chi connectivity index (χ4n) is 4.22. The number of primary amides is 1. The van der Waals surface area contributed by atoms with E-state index >= 15 is 0 Å². The number of piperidine rings is 1. The molecule has 2 N–H and O–H groups in total. The Morgan fingerprint density at radius 3 is 2.50 bits per heavy atom. The summed E-state index contributed by atoms with van der Waals surface area (Å²) < 4.78 is 33.1. The number of benzene rings is 2. The number of aryl methyl sites for hydroxylation is 1. The van der Waals surface area contributed by atoms with Gasteiger partial charge in [-0.2, -0.15) is 4.31 Å². The molecule has 0 unspecified atom stereocenters. The monoisotopic (exact) mass is 457 g/mol. The van der Waals surface area contributed by atoms with Gasteiger partial charge in [0.15, 0.2) is 6.61 Å². The van der Waals surface area contributed by atoms with Crippen LogP contribution in [0.1, 0.15) is 40.7 Å². The van der Waals surface area contributed by atoms with Crippen LogP contribution in [0.15, 0.2) is 41.3 Å². The standard InChI is InChI=1S/C23H27N3O5S/c1-16-5-7-19(23(24)28)21(13-16)31-15-22(27)26-12-9-17-14-18(6-8-20(17)26)32(29,30)25-10-3-2-4-11-25/h5-8,13-14H,2-4,9-12,15H2,1H3,(H2,24,28). The lowest BCUT2D eigenvalue weighted by atomic mass is 10.1. The third-order valence-electron chi connectivity index (χ3n) is 5.95. The van der Waals surface area contributed by atoms with Crippen LogP contribution in [-0.2, 0) is 21.2 Å². The summed E-state index contributed by atoms with van der Waals surface area (Å²) in [4.78, 5) is 26.3. The SMILES string of the molecule is Cc1ccc(C(N)=O)c(OCC(=O)N2CCc3cc(S(=O)(=O)N4CCCCC4)ccc32)c1. The molecule has 0 saturated carbocycles. The highest BCUT2D eigenvalue weighted by Gasteiger charge is 2.30. The van der Waals surface area contributed by atoms with Crippen LogP contribution >= 0.6 is 0 Å². The Morgan fingerprint density at radius 1 is 1.03 bits per heavy atom. The minimum atomic E-state index is -3.52. The van der Waals surface area contributed by atoms with Gasteiger partial charge < -0.3 is 15.4 Å². The van der Waals surface area contributed by atoms with Gasteiger partial charge in [0.1, 0.15) is 5.75 Å². The Kier molecular flexibility index (Phi) is 6.21. The van der Waals surface area contributed by atoms with Gasteiger partial charge in [-0.1, -0.05) is 12.5 Å². The number of carbonyl (C=O) groups excluding carboxylic acids is 2. The number of nitrogens with two attached hydrogens (primary N) is 1. The number of hydrogen-bond acceptors (Lipinski definition) is 5. The molecule has 1 saturated heterocycles. The molecule has 2 aliphatic heterocycles. The first-order chi connectivity index (χ1) is 15.3. The lowest BCUT2D eigenvalue weighted by molar-refractivity contribution is -0.120. The molecule has 0 aromatic heterocycles. The van der Waals surface area contributed by atoms with Gasteiger partial charge in [0.2, 0.25) is 10.0 Å². The molecule has 170 valence electrons. The largest absolute Gasteiger partial charge is 0.483 e. The maximum Gasteiger partial charge on any atom is 0.264 e. The molecular formula is C23H27N3O5S. The molecule has 2 aromatic rings. The Labute approximate surface area is 188 Å². The van der Waals surface area contributed by atoms with E-state index in [9.17, 15) is 18.0 Å². The van der Waals surface area contributed by atoms with E-state index in [0.717, 1.165) is 30.4 Å². The summed E-state index contributed by atoms with van der Waals surface area (Å²) >= 11 is 0. The Bertz CT molecular complexity index is 1160. The first kappa shape index (κ1) is 22.3. The van der Waals surface area contributed by atoms with Crippen molar-refractivity contribution in [3.8, 4) is 5.75 Å². The van der Waals surface area contributed by atoms with Gasteiger partial charge >= 0.3 is 0 Å². The van der Waals surface area contributed by atoms with Crippen molar-refractivity contribution in [2.45, 2.75) is 37.5 Å². The number of anilines is 1. The quantitative estimate of drug-likeness (QED) is 0.715. The van der Waals surface area contributed by atoms with Gasteiger partial charge in [-0.25, -0.2) is 8.42 Å². The van der Waals surface area contributed by atoms with E-state index in [0.29, 0.717) is 31.7 Å². The molecule has 4 rings (SSSR count). The van der Waals surface area contributed by atoms with E-state index < -0.39 is 15.9 Å². The number of amides is 2. The molecule has 0 spiro atoms. The second-order valence-electron chi connectivity index (χ2n) is 8.20. The minimum absolute atomic E-state index is 0.220. The topological polar surface area (TPSA) is 110 Å². The molecule has 2 aromatic carbocycles. The van der Waals surface area contributed by atoms with E-state index in [1.165, 1.54) is 0 Å². The third kappa shape index (κ3) is 4.35. The molecule has 32 heavy (non-hydrogen) atoms. The Hall–Kier alpha value is -2.91. The van der Waals surface area contributed by atoms with Gasteiger partial charge in [-0.15, -0.1) is 0 Å². The highest BCUT2D eigenvalue weighted by Crippen LogP contribution is 2.32. The highest BCUT2D eigenvalue weighted by molar-refractivity contribution is 7.89. The maximum atomic E-state index is 13.0. The second kappa shape index (κ2) is 8.91. The minimum Gasteiger partial charge on any atom is -0.483 e. The van der Waals surface area contributed by atoms with Crippen LogP contribution in [0.4, 0.5) is 5.69 Å². The molecule has 2 amide bonds. The molecule has 9 heteroatoms. The summed E-state index contributed by atoms with van der Waals surface area (Å²) in [5.74, 6) is -0.623. The summed E-state index contributed by atoms with van der Waals surface area (Å²) in [7, 11) is -3.52. The van der Waals surface area contributed by atoms with Crippen LogP contribution in [0.2, 0.25) is 0 Å². The Morgan fingerprint density at radius 2 is 1.78 bits per heavy atom. The summed E-state index contributed by atoms with van der Waals surface area (Å²) in [6, 6.07) is 9.94. The maximum absolute atomic E-state index is 13.0. The normalized spacial score (nSPS) is 16.6. The lowest BCUT2D eigenvalue weighted by Crippen LogP contribution is -2.35. The molecule has 0 radical (unpaired) electrons. The van der Waals surface area contributed by atoms with Crippen molar-refractivity contribution in [2.75, 3.05) is 31.1 Å². The van der Waals surface area contributed by atoms with E-state index in [2.05, 4.69) is 0 Å². The van der Waals surface area contributed by atoms with Gasteiger partial charge in [0, 0.05) is 25.3 Å². The number of fused-ring (bicyclic) bond motifs is 1. The average Bonchev–Trinajstić information content (AvgIpc) is 3.21. The van der Waals surface area contributed by atoms with Crippen LogP contribution in [0.5, 0.6) is 5.75 Å². The Balaban J connectivity index is 1.49. The van der Waals surface area contributed by atoms with Crippen molar-refractivity contribution in [3.05, 3.63) is 53.1 Å². The van der Waals surface area contributed by atoms with E-state index in [-0.39, 0.29) is 28.7 Å². The number of sulfonamides is 1. The predicted octanol–water partition coefficient (Wildman–Crippen LogP) is 2.24. The van der Waals surface area contributed by atoms with Crippen molar-refractivity contribution in [1.82, 2.24) is 4.31 Å².